The number of hydrogen-bond donors (Lipinski definition) is 1. The molecule has 8 heteroatoms. The van der Waals surface area contributed by atoms with Crippen LogP contribution in [0.5, 0.6) is 5.75 Å². The number of piperazine rings is 1. The summed E-state index contributed by atoms with van der Waals surface area (Å²) >= 11 is 0. The second-order valence-corrected chi connectivity index (χ2v) is 5.32. The van der Waals surface area contributed by atoms with Gasteiger partial charge in [-0.3, -0.25) is 9.69 Å². The molecule has 1 aromatic rings. The minimum Gasteiger partial charge on any atom is -0.405 e. The van der Waals surface area contributed by atoms with E-state index in [9.17, 15) is 18.0 Å². The number of alkyl halides is 3. The average molecular weight is 331 g/mol. The van der Waals surface area contributed by atoms with E-state index in [0.29, 0.717) is 32.7 Å². The molecule has 2 N–H and O–H groups in total. The van der Waals surface area contributed by atoms with Crippen LogP contribution in [-0.4, -0.2) is 61.3 Å². The van der Waals surface area contributed by atoms with Crippen molar-refractivity contribution < 1.29 is 22.7 Å². The molecule has 1 fully saturated rings. The molecule has 1 aliphatic rings. The van der Waals surface area contributed by atoms with Crippen LogP contribution in [0.2, 0.25) is 0 Å². The molecule has 0 saturated carbocycles. The van der Waals surface area contributed by atoms with E-state index in [0.717, 1.165) is 19.0 Å². The molecule has 2 rings (SSSR count). The molecule has 0 radical (unpaired) electrons. The molecule has 0 unspecified atom stereocenters. The molecule has 128 valence electrons. The number of para-hydroxylation sites is 1. The van der Waals surface area contributed by atoms with Crippen LogP contribution in [0.25, 0.3) is 0 Å². The van der Waals surface area contributed by atoms with Crippen LogP contribution in [-0.2, 0) is 0 Å². The Bertz CT molecular complexity index is 529. The molecule has 0 aliphatic carbocycles. The molecular formula is C15H20F3N3O2. The summed E-state index contributed by atoms with van der Waals surface area (Å²) in [4.78, 5) is 16.2. The molecule has 1 amide bonds. The quantitative estimate of drug-likeness (QED) is 0.892. The summed E-state index contributed by atoms with van der Waals surface area (Å²) < 4.78 is 41.2. The third-order valence-electron chi connectivity index (χ3n) is 3.68. The largest absolute Gasteiger partial charge is 0.573 e. The maximum Gasteiger partial charge on any atom is 0.573 e. The number of ether oxygens (including phenoxy) is 1. The Labute approximate surface area is 132 Å². The smallest absolute Gasteiger partial charge is 0.405 e. The van der Waals surface area contributed by atoms with Crippen molar-refractivity contribution in [3.05, 3.63) is 29.8 Å². The first-order chi connectivity index (χ1) is 10.9. The molecule has 0 bridgehead atoms. The van der Waals surface area contributed by atoms with Gasteiger partial charge in [-0.05, 0) is 31.6 Å². The molecule has 1 aliphatic heterocycles. The maximum atomic E-state index is 12.5. The zero-order valence-electron chi connectivity index (χ0n) is 12.7. The minimum atomic E-state index is -4.82. The predicted octanol–water partition coefficient (Wildman–Crippen LogP) is 1.69. The number of benzene rings is 1. The first kappa shape index (κ1) is 17.6. The highest BCUT2D eigenvalue weighted by Gasteiger charge is 2.33. The van der Waals surface area contributed by atoms with Gasteiger partial charge in [0.05, 0.1) is 5.56 Å². The summed E-state index contributed by atoms with van der Waals surface area (Å²) in [6, 6.07) is 5.43. The molecule has 0 atom stereocenters. The number of rotatable bonds is 5. The highest BCUT2D eigenvalue weighted by atomic mass is 19.4. The van der Waals surface area contributed by atoms with Gasteiger partial charge >= 0.3 is 6.36 Å². The third-order valence-corrected chi connectivity index (χ3v) is 3.68. The monoisotopic (exact) mass is 331 g/mol. The van der Waals surface area contributed by atoms with E-state index >= 15 is 0 Å². The van der Waals surface area contributed by atoms with Gasteiger partial charge in [0.25, 0.3) is 5.91 Å². The Morgan fingerprint density at radius 2 is 1.83 bits per heavy atom. The zero-order valence-corrected chi connectivity index (χ0v) is 12.7. The van der Waals surface area contributed by atoms with E-state index in [1.807, 2.05) is 0 Å². The van der Waals surface area contributed by atoms with E-state index in [1.54, 1.807) is 4.90 Å². The SMILES string of the molecule is NCCCN1CCN(C(=O)c2ccccc2OC(F)(F)F)CC1. The van der Waals surface area contributed by atoms with Gasteiger partial charge in [-0.2, -0.15) is 0 Å². The number of nitrogens with two attached hydrogens (primary N) is 1. The fourth-order valence-corrected chi connectivity index (χ4v) is 2.52. The van der Waals surface area contributed by atoms with Gasteiger partial charge in [-0.1, -0.05) is 12.1 Å². The summed E-state index contributed by atoms with van der Waals surface area (Å²) in [7, 11) is 0. The summed E-state index contributed by atoms with van der Waals surface area (Å²) in [5, 5.41) is 0. The molecule has 1 heterocycles. The summed E-state index contributed by atoms with van der Waals surface area (Å²) in [5.74, 6) is -0.904. The van der Waals surface area contributed by atoms with Gasteiger partial charge in [-0.15, -0.1) is 13.2 Å². The Morgan fingerprint density at radius 3 is 2.43 bits per heavy atom. The lowest BCUT2D eigenvalue weighted by Gasteiger charge is -2.35. The summed E-state index contributed by atoms with van der Waals surface area (Å²) in [6.07, 6.45) is -3.94. The van der Waals surface area contributed by atoms with Gasteiger partial charge < -0.3 is 15.4 Å². The van der Waals surface area contributed by atoms with Crippen molar-refractivity contribution >= 4 is 5.91 Å². The first-order valence-electron chi connectivity index (χ1n) is 7.47. The van der Waals surface area contributed by atoms with E-state index in [1.165, 1.54) is 18.2 Å². The molecule has 0 spiro atoms. The fourth-order valence-electron chi connectivity index (χ4n) is 2.52. The van der Waals surface area contributed by atoms with Crippen LogP contribution in [0.4, 0.5) is 13.2 Å². The van der Waals surface area contributed by atoms with Gasteiger partial charge in [0.2, 0.25) is 0 Å². The van der Waals surface area contributed by atoms with E-state index in [-0.39, 0.29) is 5.56 Å². The lowest BCUT2D eigenvalue weighted by atomic mass is 10.1. The Morgan fingerprint density at radius 1 is 1.17 bits per heavy atom. The lowest BCUT2D eigenvalue weighted by molar-refractivity contribution is -0.274. The van der Waals surface area contributed by atoms with E-state index in [4.69, 9.17) is 5.73 Å². The second kappa shape index (κ2) is 7.65. The van der Waals surface area contributed by atoms with Crippen molar-refractivity contribution in [3.8, 4) is 5.75 Å². The minimum absolute atomic E-state index is 0.0692. The first-order valence-corrected chi connectivity index (χ1v) is 7.47. The Kier molecular flexibility index (Phi) is 5.84. The van der Waals surface area contributed by atoms with Crippen molar-refractivity contribution in [1.82, 2.24) is 9.80 Å². The Hall–Kier alpha value is -1.80. The highest BCUT2D eigenvalue weighted by Crippen LogP contribution is 2.27. The van der Waals surface area contributed by atoms with Crippen LogP contribution in [0.3, 0.4) is 0 Å². The van der Waals surface area contributed by atoms with Crippen LogP contribution in [0, 0.1) is 0 Å². The normalized spacial score (nSPS) is 16.4. The summed E-state index contributed by atoms with van der Waals surface area (Å²) in [6.45, 7) is 3.81. The van der Waals surface area contributed by atoms with E-state index in [2.05, 4.69) is 9.64 Å². The number of amides is 1. The van der Waals surface area contributed by atoms with Gasteiger partial charge in [0, 0.05) is 26.2 Å². The Balaban J connectivity index is 2.02. The fraction of sp³-hybridized carbons (Fsp3) is 0.533. The molecule has 1 saturated heterocycles. The average Bonchev–Trinajstić information content (AvgIpc) is 2.52. The topological polar surface area (TPSA) is 58.8 Å². The standard InChI is InChI=1S/C15H20F3N3O2/c16-15(17,18)23-13-5-2-1-4-12(13)14(22)21-10-8-20(9-11-21)7-3-6-19/h1-2,4-5H,3,6-11,19H2. The molecule has 0 aromatic heterocycles. The molecular weight excluding hydrogens is 311 g/mol. The third kappa shape index (κ3) is 5.11. The van der Waals surface area contributed by atoms with Crippen LogP contribution >= 0.6 is 0 Å². The van der Waals surface area contributed by atoms with Crippen LogP contribution in [0.1, 0.15) is 16.8 Å². The van der Waals surface area contributed by atoms with Gasteiger partial charge in [-0.25, -0.2) is 0 Å². The van der Waals surface area contributed by atoms with Crippen molar-refractivity contribution in [1.29, 1.82) is 0 Å². The number of hydrogen-bond acceptors (Lipinski definition) is 4. The van der Waals surface area contributed by atoms with Gasteiger partial charge in [0.1, 0.15) is 5.75 Å². The number of carbonyl (C=O) groups is 1. The van der Waals surface area contributed by atoms with Crippen LogP contribution < -0.4 is 10.5 Å². The number of halogens is 3. The molecule has 23 heavy (non-hydrogen) atoms. The highest BCUT2D eigenvalue weighted by molar-refractivity contribution is 5.97. The van der Waals surface area contributed by atoms with Crippen molar-refractivity contribution in [2.75, 3.05) is 39.3 Å². The maximum absolute atomic E-state index is 12.5. The van der Waals surface area contributed by atoms with E-state index < -0.39 is 18.0 Å². The van der Waals surface area contributed by atoms with Crippen molar-refractivity contribution in [2.24, 2.45) is 5.73 Å². The lowest BCUT2D eigenvalue weighted by Crippen LogP contribution is -2.49. The number of nitrogens with zero attached hydrogens (tertiary/aromatic N) is 2. The summed E-state index contributed by atoms with van der Waals surface area (Å²) in [5.41, 5.74) is 5.40. The van der Waals surface area contributed by atoms with Crippen LogP contribution in [0.15, 0.2) is 24.3 Å². The molecule has 1 aromatic carbocycles. The number of carbonyl (C=O) groups excluding carboxylic acids is 1. The van der Waals surface area contributed by atoms with Crippen molar-refractivity contribution in [3.63, 3.8) is 0 Å². The second-order valence-electron chi connectivity index (χ2n) is 5.32. The predicted molar refractivity (Wildman–Crippen MR) is 79.1 cm³/mol. The van der Waals surface area contributed by atoms with Gasteiger partial charge in [0.15, 0.2) is 0 Å². The zero-order chi connectivity index (χ0) is 16.9. The molecule has 5 nitrogen and oxygen atoms in total. The van der Waals surface area contributed by atoms with Crippen molar-refractivity contribution in [2.45, 2.75) is 12.8 Å².